The van der Waals surface area contributed by atoms with E-state index in [9.17, 15) is 8.42 Å². The van der Waals surface area contributed by atoms with Crippen molar-refractivity contribution >= 4 is 21.6 Å². The molecule has 0 aromatic heterocycles. The Bertz CT molecular complexity index is 393. The summed E-state index contributed by atoms with van der Waals surface area (Å²) in [5.74, 6) is 0.639. The van der Waals surface area contributed by atoms with E-state index in [0.717, 1.165) is 12.8 Å². The Labute approximate surface area is 103 Å². The molecule has 0 spiro atoms. The van der Waals surface area contributed by atoms with Crippen molar-refractivity contribution in [1.29, 1.82) is 0 Å². The van der Waals surface area contributed by atoms with Crippen molar-refractivity contribution in [3.63, 3.8) is 0 Å². The lowest BCUT2D eigenvalue weighted by molar-refractivity contribution is 0.130. The predicted octanol–water partition coefficient (Wildman–Crippen LogP) is 2.32. The highest BCUT2D eigenvalue weighted by molar-refractivity contribution is 7.90. The standard InChI is InChI=1S/C11H20ClNO2S/c1-10(2)8-4-5-11(10,3)9(6-8)13-16(14,15)7-12/h8-9,13H,4-7H2,1-3H3. The van der Waals surface area contributed by atoms with E-state index in [4.69, 9.17) is 11.6 Å². The molecule has 2 aliphatic carbocycles. The highest BCUT2D eigenvalue weighted by Gasteiger charge is 2.61. The fourth-order valence-electron chi connectivity index (χ4n) is 3.63. The van der Waals surface area contributed by atoms with Gasteiger partial charge in [0.15, 0.2) is 0 Å². The lowest BCUT2D eigenvalue weighted by atomic mass is 9.69. The van der Waals surface area contributed by atoms with Gasteiger partial charge in [-0.05, 0) is 36.0 Å². The van der Waals surface area contributed by atoms with E-state index in [2.05, 4.69) is 25.5 Å². The van der Waals surface area contributed by atoms with Crippen LogP contribution in [0.4, 0.5) is 0 Å². The van der Waals surface area contributed by atoms with Gasteiger partial charge in [-0.15, -0.1) is 11.6 Å². The van der Waals surface area contributed by atoms with Crippen molar-refractivity contribution in [3.05, 3.63) is 0 Å². The minimum atomic E-state index is -3.30. The van der Waals surface area contributed by atoms with Crippen molar-refractivity contribution < 1.29 is 8.42 Å². The SMILES string of the molecule is CC1(C)C2CCC1(C)C(NS(=O)(=O)CCl)C2. The highest BCUT2D eigenvalue weighted by atomic mass is 35.5. The van der Waals surface area contributed by atoms with Crippen LogP contribution in [0.5, 0.6) is 0 Å². The molecule has 0 amide bonds. The first-order valence-electron chi connectivity index (χ1n) is 5.79. The van der Waals surface area contributed by atoms with Crippen molar-refractivity contribution in [3.8, 4) is 0 Å². The maximum atomic E-state index is 11.5. The molecule has 3 atom stereocenters. The third-order valence-corrected chi connectivity index (χ3v) is 7.05. The van der Waals surface area contributed by atoms with Crippen LogP contribution < -0.4 is 4.72 Å². The second-order valence-electron chi connectivity index (χ2n) is 6.00. The Hall–Kier alpha value is 0.200. The summed E-state index contributed by atoms with van der Waals surface area (Å²) in [5.41, 5.74) is 0.309. The van der Waals surface area contributed by atoms with Crippen molar-refractivity contribution in [1.82, 2.24) is 4.72 Å². The lowest BCUT2D eigenvalue weighted by Crippen LogP contribution is -2.47. The third kappa shape index (κ3) is 1.61. The second kappa shape index (κ2) is 3.59. The number of rotatable bonds is 3. The normalized spacial score (nSPS) is 41.5. The average Bonchev–Trinajstić information content (AvgIpc) is 2.50. The van der Waals surface area contributed by atoms with E-state index in [-0.39, 0.29) is 22.1 Å². The fourth-order valence-corrected chi connectivity index (χ4v) is 4.67. The Morgan fingerprint density at radius 3 is 2.38 bits per heavy atom. The maximum Gasteiger partial charge on any atom is 0.225 e. The highest BCUT2D eigenvalue weighted by Crippen LogP contribution is 2.65. The molecule has 0 aliphatic heterocycles. The van der Waals surface area contributed by atoms with Crippen LogP contribution >= 0.6 is 11.6 Å². The van der Waals surface area contributed by atoms with Crippen LogP contribution in [0, 0.1) is 16.7 Å². The number of alkyl halides is 1. The van der Waals surface area contributed by atoms with Gasteiger partial charge < -0.3 is 0 Å². The van der Waals surface area contributed by atoms with Gasteiger partial charge in [-0.25, -0.2) is 13.1 Å². The van der Waals surface area contributed by atoms with Crippen LogP contribution in [-0.2, 0) is 10.0 Å². The monoisotopic (exact) mass is 265 g/mol. The van der Waals surface area contributed by atoms with E-state index in [1.165, 1.54) is 6.42 Å². The Kier molecular flexibility index (Phi) is 2.84. The van der Waals surface area contributed by atoms with E-state index in [1.54, 1.807) is 0 Å². The van der Waals surface area contributed by atoms with Crippen molar-refractivity contribution in [2.24, 2.45) is 16.7 Å². The fraction of sp³-hybridized carbons (Fsp3) is 1.00. The maximum absolute atomic E-state index is 11.5. The van der Waals surface area contributed by atoms with Crippen LogP contribution in [0.3, 0.4) is 0 Å². The summed E-state index contributed by atoms with van der Waals surface area (Å²) in [6.45, 7) is 6.74. The summed E-state index contributed by atoms with van der Waals surface area (Å²) < 4.78 is 25.9. The zero-order valence-corrected chi connectivity index (χ0v) is 11.7. The molecule has 2 rings (SSSR count). The first-order valence-corrected chi connectivity index (χ1v) is 7.97. The summed E-state index contributed by atoms with van der Waals surface area (Å²) in [6.07, 6.45) is 3.29. The average molecular weight is 266 g/mol. The molecule has 0 aromatic carbocycles. The van der Waals surface area contributed by atoms with E-state index >= 15 is 0 Å². The summed E-state index contributed by atoms with van der Waals surface area (Å²) in [4.78, 5) is 0. The van der Waals surface area contributed by atoms with Crippen molar-refractivity contribution in [2.45, 2.75) is 46.1 Å². The molecule has 0 aromatic rings. The second-order valence-corrected chi connectivity index (χ2v) is 8.34. The van der Waals surface area contributed by atoms with E-state index in [1.807, 2.05) is 0 Å². The third-order valence-electron chi connectivity index (χ3n) is 5.26. The number of nitrogens with one attached hydrogen (secondary N) is 1. The van der Waals surface area contributed by atoms with Gasteiger partial charge in [-0.1, -0.05) is 20.8 Å². The van der Waals surface area contributed by atoms with Crippen LogP contribution in [0.15, 0.2) is 0 Å². The van der Waals surface area contributed by atoms with E-state index < -0.39 is 10.0 Å². The zero-order valence-electron chi connectivity index (χ0n) is 10.1. The first-order chi connectivity index (χ1) is 7.23. The van der Waals surface area contributed by atoms with Gasteiger partial charge in [0.05, 0.1) is 0 Å². The molecular formula is C11H20ClNO2S. The number of halogens is 1. The minimum Gasteiger partial charge on any atom is -0.211 e. The quantitative estimate of drug-likeness (QED) is 0.796. The molecule has 2 aliphatic rings. The minimum absolute atomic E-state index is 0.0602. The van der Waals surface area contributed by atoms with Gasteiger partial charge in [-0.3, -0.25) is 0 Å². The van der Waals surface area contributed by atoms with Gasteiger partial charge in [0, 0.05) is 6.04 Å². The summed E-state index contributed by atoms with van der Waals surface area (Å²) in [6, 6.07) is 0.0602. The van der Waals surface area contributed by atoms with Gasteiger partial charge in [-0.2, -0.15) is 0 Å². The lowest BCUT2D eigenvalue weighted by Gasteiger charge is -2.39. The predicted molar refractivity (Wildman–Crippen MR) is 65.8 cm³/mol. The van der Waals surface area contributed by atoms with Crippen LogP contribution in [0.25, 0.3) is 0 Å². The molecule has 94 valence electrons. The number of fused-ring (bicyclic) bond motifs is 2. The summed E-state index contributed by atoms with van der Waals surface area (Å²) >= 11 is 5.44. The van der Waals surface area contributed by atoms with Crippen LogP contribution in [-0.4, -0.2) is 19.7 Å². The number of hydrogen-bond donors (Lipinski definition) is 1. The molecule has 3 unspecified atom stereocenters. The molecule has 2 bridgehead atoms. The zero-order chi connectivity index (χ0) is 12.2. The summed E-state index contributed by atoms with van der Waals surface area (Å²) in [5, 5.41) is -0.343. The molecule has 1 N–H and O–H groups in total. The molecule has 0 heterocycles. The Morgan fingerprint density at radius 2 is 2.00 bits per heavy atom. The number of hydrogen-bond acceptors (Lipinski definition) is 2. The molecule has 2 fully saturated rings. The Balaban J connectivity index is 2.23. The van der Waals surface area contributed by atoms with Gasteiger partial charge in [0.25, 0.3) is 0 Å². The van der Waals surface area contributed by atoms with Crippen LogP contribution in [0.1, 0.15) is 40.0 Å². The Morgan fingerprint density at radius 1 is 1.38 bits per heavy atom. The number of sulfonamides is 1. The first kappa shape index (κ1) is 12.7. The van der Waals surface area contributed by atoms with Gasteiger partial charge >= 0.3 is 0 Å². The molecular weight excluding hydrogens is 246 g/mol. The smallest absolute Gasteiger partial charge is 0.211 e. The van der Waals surface area contributed by atoms with Gasteiger partial charge in [0.1, 0.15) is 5.21 Å². The molecule has 5 heteroatoms. The molecule has 2 saturated carbocycles. The van der Waals surface area contributed by atoms with Crippen LogP contribution in [0.2, 0.25) is 0 Å². The van der Waals surface area contributed by atoms with E-state index in [0.29, 0.717) is 5.92 Å². The molecule has 3 nitrogen and oxygen atoms in total. The van der Waals surface area contributed by atoms with Gasteiger partial charge in [0.2, 0.25) is 10.0 Å². The molecule has 0 saturated heterocycles. The largest absolute Gasteiger partial charge is 0.225 e. The molecule has 0 radical (unpaired) electrons. The van der Waals surface area contributed by atoms with Crippen molar-refractivity contribution in [2.75, 3.05) is 5.21 Å². The topological polar surface area (TPSA) is 46.2 Å². The molecule has 16 heavy (non-hydrogen) atoms. The summed E-state index contributed by atoms with van der Waals surface area (Å²) in [7, 11) is -3.30.